The smallest absolute Gasteiger partial charge is 0.403 e. The molecular weight excluding hydrogens is 488 g/mol. The molecule has 0 saturated carbocycles. The Kier molecular flexibility index (Phi) is 9.61. The standard InChI is InChI=1S/C18H27F3N4O2.HI/c1-13(18(19,20)21)24-7-9-25(10-8-24)17(22-2)23-12-14-5-6-15(26-3)16(11-14)27-4;/h5-6,11,13H,7-10,12H2,1-4H3,(H,22,23);1H. The van der Waals surface area contributed by atoms with Crippen LogP contribution in [0.1, 0.15) is 12.5 Å². The van der Waals surface area contributed by atoms with E-state index in [1.807, 2.05) is 23.1 Å². The maximum Gasteiger partial charge on any atom is 0.403 e. The highest BCUT2D eigenvalue weighted by Gasteiger charge is 2.41. The van der Waals surface area contributed by atoms with Crippen LogP contribution in [-0.2, 0) is 6.54 Å². The minimum absolute atomic E-state index is 0. The van der Waals surface area contributed by atoms with Crippen LogP contribution in [-0.4, -0.2) is 75.4 Å². The van der Waals surface area contributed by atoms with Gasteiger partial charge in [-0.15, -0.1) is 24.0 Å². The number of guanidine groups is 1. The number of alkyl halides is 3. The van der Waals surface area contributed by atoms with Crippen molar-refractivity contribution in [3.05, 3.63) is 23.8 Å². The van der Waals surface area contributed by atoms with Crippen LogP contribution in [0.3, 0.4) is 0 Å². The van der Waals surface area contributed by atoms with Gasteiger partial charge in [-0.3, -0.25) is 9.89 Å². The number of aliphatic imine (C=N–C) groups is 1. The summed E-state index contributed by atoms with van der Waals surface area (Å²) in [5.41, 5.74) is 0.984. The molecule has 0 bridgehead atoms. The molecule has 1 aliphatic rings. The van der Waals surface area contributed by atoms with Crippen LogP contribution in [0.4, 0.5) is 13.2 Å². The van der Waals surface area contributed by atoms with E-state index in [0.29, 0.717) is 50.2 Å². The molecule has 6 nitrogen and oxygen atoms in total. The lowest BCUT2D eigenvalue weighted by molar-refractivity contribution is -0.181. The predicted molar refractivity (Wildman–Crippen MR) is 114 cm³/mol. The molecule has 1 fully saturated rings. The van der Waals surface area contributed by atoms with Gasteiger partial charge < -0.3 is 19.7 Å². The number of ether oxygens (including phenoxy) is 2. The van der Waals surface area contributed by atoms with Gasteiger partial charge in [-0.2, -0.15) is 13.2 Å². The predicted octanol–water partition coefficient (Wildman–Crippen LogP) is 2.97. The van der Waals surface area contributed by atoms with Gasteiger partial charge in [0.15, 0.2) is 17.5 Å². The van der Waals surface area contributed by atoms with Crippen molar-refractivity contribution in [2.24, 2.45) is 4.99 Å². The summed E-state index contributed by atoms with van der Waals surface area (Å²) in [5.74, 6) is 1.96. The van der Waals surface area contributed by atoms with Crippen LogP contribution >= 0.6 is 24.0 Å². The first kappa shape index (κ1) is 24.6. The van der Waals surface area contributed by atoms with Gasteiger partial charge >= 0.3 is 6.18 Å². The molecule has 0 amide bonds. The molecule has 0 aromatic heterocycles. The van der Waals surface area contributed by atoms with Gasteiger partial charge in [0, 0.05) is 39.8 Å². The molecule has 0 spiro atoms. The highest BCUT2D eigenvalue weighted by Crippen LogP contribution is 2.27. The first-order valence-electron chi connectivity index (χ1n) is 8.77. The average Bonchev–Trinajstić information content (AvgIpc) is 2.67. The van der Waals surface area contributed by atoms with E-state index in [1.54, 1.807) is 21.3 Å². The Hall–Kier alpha value is -1.43. The van der Waals surface area contributed by atoms with E-state index in [-0.39, 0.29) is 24.0 Å². The molecule has 0 radical (unpaired) electrons. The minimum atomic E-state index is -4.20. The number of piperazine rings is 1. The second kappa shape index (κ2) is 10.9. The van der Waals surface area contributed by atoms with Crippen LogP contribution in [0.2, 0.25) is 0 Å². The Morgan fingerprint density at radius 1 is 1.14 bits per heavy atom. The van der Waals surface area contributed by atoms with Gasteiger partial charge in [-0.25, -0.2) is 0 Å². The summed E-state index contributed by atoms with van der Waals surface area (Å²) in [6.45, 7) is 3.40. The highest BCUT2D eigenvalue weighted by atomic mass is 127. The molecule has 160 valence electrons. The van der Waals surface area contributed by atoms with E-state index in [1.165, 1.54) is 11.8 Å². The van der Waals surface area contributed by atoms with E-state index in [0.717, 1.165) is 5.56 Å². The van der Waals surface area contributed by atoms with Gasteiger partial charge in [-0.1, -0.05) is 6.07 Å². The third-order valence-corrected chi connectivity index (χ3v) is 4.75. The lowest BCUT2D eigenvalue weighted by Gasteiger charge is -2.39. The Morgan fingerprint density at radius 2 is 1.75 bits per heavy atom. The summed E-state index contributed by atoms with van der Waals surface area (Å²) in [7, 11) is 4.83. The van der Waals surface area contributed by atoms with Gasteiger partial charge in [-0.05, 0) is 24.6 Å². The number of hydrogen-bond donors (Lipinski definition) is 1. The lowest BCUT2D eigenvalue weighted by Crippen LogP contribution is -2.56. The first-order chi connectivity index (χ1) is 12.8. The monoisotopic (exact) mass is 516 g/mol. The maximum atomic E-state index is 12.9. The second-order valence-corrected chi connectivity index (χ2v) is 6.33. The van der Waals surface area contributed by atoms with E-state index >= 15 is 0 Å². The number of benzene rings is 1. The van der Waals surface area contributed by atoms with E-state index in [4.69, 9.17) is 9.47 Å². The summed E-state index contributed by atoms with van der Waals surface area (Å²) < 4.78 is 49.1. The van der Waals surface area contributed by atoms with Crippen molar-refractivity contribution in [1.82, 2.24) is 15.1 Å². The summed E-state index contributed by atoms with van der Waals surface area (Å²) in [6.07, 6.45) is -4.20. The van der Waals surface area contributed by atoms with Crippen molar-refractivity contribution in [1.29, 1.82) is 0 Å². The lowest BCUT2D eigenvalue weighted by atomic mass is 10.2. The SMILES string of the molecule is CN=C(NCc1ccc(OC)c(OC)c1)N1CCN(C(C)C(F)(F)F)CC1.I. The van der Waals surface area contributed by atoms with Crippen molar-refractivity contribution in [2.45, 2.75) is 25.7 Å². The average molecular weight is 516 g/mol. The number of nitrogens with one attached hydrogen (secondary N) is 1. The fourth-order valence-electron chi connectivity index (χ4n) is 3.03. The zero-order valence-electron chi connectivity index (χ0n) is 16.5. The number of hydrogen-bond acceptors (Lipinski definition) is 4. The number of rotatable bonds is 5. The van der Waals surface area contributed by atoms with Gasteiger partial charge in [0.25, 0.3) is 0 Å². The summed E-state index contributed by atoms with van der Waals surface area (Å²) in [4.78, 5) is 7.69. The third kappa shape index (κ3) is 6.29. The van der Waals surface area contributed by atoms with E-state index in [9.17, 15) is 13.2 Å². The molecule has 1 aromatic rings. The molecule has 1 N–H and O–H groups in total. The summed E-state index contributed by atoms with van der Waals surface area (Å²) in [5, 5.41) is 3.26. The van der Waals surface area contributed by atoms with Gasteiger partial charge in [0.2, 0.25) is 0 Å². The van der Waals surface area contributed by atoms with Crippen molar-refractivity contribution >= 4 is 29.9 Å². The fourth-order valence-corrected chi connectivity index (χ4v) is 3.03. The molecule has 1 aliphatic heterocycles. The van der Waals surface area contributed by atoms with E-state index < -0.39 is 12.2 Å². The molecule has 28 heavy (non-hydrogen) atoms. The quantitative estimate of drug-likeness (QED) is 0.371. The topological polar surface area (TPSA) is 49.3 Å². The molecule has 1 unspecified atom stereocenters. The van der Waals surface area contributed by atoms with Crippen LogP contribution < -0.4 is 14.8 Å². The second-order valence-electron chi connectivity index (χ2n) is 6.33. The van der Waals surface area contributed by atoms with Crippen LogP contribution in [0, 0.1) is 0 Å². The zero-order valence-corrected chi connectivity index (χ0v) is 18.9. The van der Waals surface area contributed by atoms with Crippen LogP contribution in [0.25, 0.3) is 0 Å². The molecule has 0 aliphatic carbocycles. The molecule has 1 atom stereocenters. The van der Waals surface area contributed by atoms with Gasteiger partial charge in [0.1, 0.15) is 6.04 Å². The Bertz CT molecular complexity index is 650. The first-order valence-corrected chi connectivity index (χ1v) is 8.77. The third-order valence-electron chi connectivity index (χ3n) is 4.75. The van der Waals surface area contributed by atoms with Crippen LogP contribution in [0.15, 0.2) is 23.2 Å². The maximum absolute atomic E-state index is 12.9. The molecule has 10 heteroatoms. The fraction of sp³-hybridized carbons (Fsp3) is 0.611. The molecule has 1 heterocycles. The van der Waals surface area contributed by atoms with Crippen LogP contribution in [0.5, 0.6) is 11.5 Å². The molecule has 1 saturated heterocycles. The molecular formula is C18H28F3IN4O2. The van der Waals surface area contributed by atoms with Crippen molar-refractivity contribution < 1.29 is 22.6 Å². The molecule has 1 aromatic carbocycles. The van der Waals surface area contributed by atoms with E-state index in [2.05, 4.69) is 10.3 Å². The van der Waals surface area contributed by atoms with Crippen molar-refractivity contribution in [3.63, 3.8) is 0 Å². The minimum Gasteiger partial charge on any atom is -0.493 e. The number of methoxy groups -OCH3 is 2. The normalized spacial score (nSPS) is 17.0. The molecule has 2 rings (SSSR count). The van der Waals surface area contributed by atoms with Crippen molar-refractivity contribution in [3.8, 4) is 11.5 Å². The number of nitrogens with zero attached hydrogens (tertiary/aromatic N) is 3. The summed E-state index contributed by atoms with van der Waals surface area (Å²) in [6, 6.07) is 4.20. The largest absolute Gasteiger partial charge is 0.493 e. The Labute approximate surface area is 181 Å². The summed E-state index contributed by atoms with van der Waals surface area (Å²) >= 11 is 0. The zero-order chi connectivity index (χ0) is 20.0. The highest BCUT2D eigenvalue weighted by molar-refractivity contribution is 14.0. The van der Waals surface area contributed by atoms with Crippen molar-refractivity contribution in [2.75, 3.05) is 47.4 Å². The van der Waals surface area contributed by atoms with Gasteiger partial charge in [0.05, 0.1) is 14.2 Å². The Balaban J connectivity index is 0.00000392. The number of halogens is 4. The Morgan fingerprint density at radius 3 is 2.25 bits per heavy atom.